The van der Waals surface area contributed by atoms with Gasteiger partial charge < -0.3 is 5.73 Å². The summed E-state index contributed by atoms with van der Waals surface area (Å²) in [5.74, 6) is 0.725. The first kappa shape index (κ1) is 9.09. The molecular weight excluding hydrogens is 182 g/mol. The van der Waals surface area contributed by atoms with Crippen LogP contribution in [0, 0.1) is 5.92 Å². The molecule has 0 aromatic carbocycles. The van der Waals surface area contributed by atoms with Crippen molar-refractivity contribution >= 4 is 11.3 Å². The van der Waals surface area contributed by atoms with Crippen LogP contribution < -0.4 is 5.73 Å². The summed E-state index contributed by atoms with van der Waals surface area (Å²) in [6, 6.07) is 0. The molecule has 1 fully saturated rings. The molecule has 13 heavy (non-hydrogen) atoms. The van der Waals surface area contributed by atoms with Crippen molar-refractivity contribution in [3.05, 3.63) is 10.5 Å². The first-order valence-electron chi connectivity index (χ1n) is 4.76. The Balaban J connectivity index is 2.20. The topological polar surface area (TPSA) is 51.8 Å². The van der Waals surface area contributed by atoms with Gasteiger partial charge in [-0.2, -0.15) is 0 Å². The fourth-order valence-electron chi connectivity index (χ4n) is 2.18. The maximum absolute atomic E-state index is 6.32. The SMILES string of the molecule is CC1CCCC(N)(c2nncs2)C1. The summed E-state index contributed by atoms with van der Waals surface area (Å²) in [5, 5.41) is 8.96. The number of hydrogen-bond acceptors (Lipinski definition) is 4. The quantitative estimate of drug-likeness (QED) is 0.748. The summed E-state index contributed by atoms with van der Waals surface area (Å²) in [6.45, 7) is 2.27. The molecule has 0 amide bonds. The minimum Gasteiger partial charge on any atom is -0.319 e. The zero-order valence-corrected chi connectivity index (χ0v) is 8.68. The van der Waals surface area contributed by atoms with Gasteiger partial charge in [-0.3, -0.25) is 0 Å². The third-order valence-corrected chi connectivity index (χ3v) is 3.73. The average molecular weight is 197 g/mol. The van der Waals surface area contributed by atoms with Crippen LogP contribution in [0.3, 0.4) is 0 Å². The van der Waals surface area contributed by atoms with Crippen molar-refractivity contribution in [1.82, 2.24) is 10.2 Å². The van der Waals surface area contributed by atoms with Crippen molar-refractivity contribution in [2.45, 2.75) is 38.1 Å². The predicted octanol–water partition coefficient (Wildman–Crippen LogP) is 1.90. The van der Waals surface area contributed by atoms with Crippen molar-refractivity contribution in [1.29, 1.82) is 0 Å². The highest BCUT2D eigenvalue weighted by molar-refractivity contribution is 7.09. The Hall–Kier alpha value is -0.480. The van der Waals surface area contributed by atoms with Crippen molar-refractivity contribution in [2.75, 3.05) is 0 Å². The van der Waals surface area contributed by atoms with Gasteiger partial charge in [0, 0.05) is 0 Å². The van der Waals surface area contributed by atoms with E-state index in [-0.39, 0.29) is 5.54 Å². The Bertz CT molecular complexity index is 272. The molecule has 1 saturated carbocycles. The molecule has 0 spiro atoms. The minimum absolute atomic E-state index is 0.182. The second-order valence-corrected chi connectivity index (χ2v) is 4.93. The van der Waals surface area contributed by atoms with E-state index in [0.29, 0.717) is 0 Å². The highest BCUT2D eigenvalue weighted by atomic mass is 32.1. The lowest BCUT2D eigenvalue weighted by Gasteiger charge is -2.34. The maximum Gasteiger partial charge on any atom is 0.137 e. The van der Waals surface area contributed by atoms with Crippen LogP contribution in [0.15, 0.2) is 5.51 Å². The number of nitrogens with two attached hydrogens (primary N) is 1. The van der Waals surface area contributed by atoms with Gasteiger partial charge >= 0.3 is 0 Å². The zero-order valence-electron chi connectivity index (χ0n) is 7.86. The molecule has 3 nitrogen and oxygen atoms in total. The van der Waals surface area contributed by atoms with Crippen LogP contribution in [0.5, 0.6) is 0 Å². The highest BCUT2D eigenvalue weighted by Gasteiger charge is 2.35. The number of rotatable bonds is 1. The van der Waals surface area contributed by atoms with E-state index in [1.807, 2.05) is 0 Å². The third-order valence-electron chi connectivity index (χ3n) is 2.82. The molecule has 4 heteroatoms. The minimum atomic E-state index is -0.182. The number of hydrogen-bond donors (Lipinski definition) is 1. The lowest BCUT2D eigenvalue weighted by Crippen LogP contribution is -2.40. The van der Waals surface area contributed by atoms with E-state index in [1.165, 1.54) is 12.8 Å². The summed E-state index contributed by atoms with van der Waals surface area (Å²) in [7, 11) is 0. The van der Waals surface area contributed by atoms with Gasteiger partial charge in [0.25, 0.3) is 0 Å². The normalized spacial score (nSPS) is 34.8. The highest BCUT2D eigenvalue weighted by Crippen LogP contribution is 2.37. The smallest absolute Gasteiger partial charge is 0.137 e. The predicted molar refractivity (Wildman–Crippen MR) is 53.4 cm³/mol. The molecule has 72 valence electrons. The van der Waals surface area contributed by atoms with Crippen molar-refractivity contribution in [3.8, 4) is 0 Å². The van der Waals surface area contributed by atoms with Gasteiger partial charge in [-0.05, 0) is 18.8 Å². The zero-order chi connectivity index (χ0) is 9.31. The van der Waals surface area contributed by atoms with Gasteiger partial charge in [-0.25, -0.2) is 0 Å². The van der Waals surface area contributed by atoms with Gasteiger partial charge in [0.2, 0.25) is 0 Å². The van der Waals surface area contributed by atoms with Gasteiger partial charge in [-0.1, -0.05) is 19.8 Å². The van der Waals surface area contributed by atoms with E-state index in [1.54, 1.807) is 16.8 Å². The van der Waals surface area contributed by atoms with Gasteiger partial charge in [0.1, 0.15) is 10.5 Å². The second-order valence-electron chi connectivity index (χ2n) is 4.10. The third kappa shape index (κ3) is 1.74. The number of nitrogens with zero attached hydrogens (tertiary/aromatic N) is 2. The van der Waals surface area contributed by atoms with Crippen molar-refractivity contribution in [2.24, 2.45) is 11.7 Å². The van der Waals surface area contributed by atoms with Gasteiger partial charge in [-0.15, -0.1) is 21.5 Å². The Morgan fingerprint density at radius 1 is 1.69 bits per heavy atom. The first-order chi connectivity index (χ1) is 6.21. The van der Waals surface area contributed by atoms with Crippen LogP contribution in [-0.2, 0) is 5.54 Å². The first-order valence-corrected chi connectivity index (χ1v) is 5.64. The van der Waals surface area contributed by atoms with Crippen LogP contribution in [0.1, 0.15) is 37.6 Å². The molecule has 0 bridgehead atoms. The average Bonchev–Trinajstić information content (AvgIpc) is 2.55. The van der Waals surface area contributed by atoms with Crippen LogP contribution >= 0.6 is 11.3 Å². The summed E-state index contributed by atoms with van der Waals surface area (Å²) in [5.41, 5.74) is 7.91. The lowest BCUT2D eigenvalue weighted by molar-refractivity contribution is 0.237. The monoisotopic (exact) mass is 197 g/mol. The molecule has 0 radical (unpaired) electrons. The Kier molecular flexibility index (Phi) is 2.34. The summed E-state index contributed by atoms with van der Waals surface area (Å²) in [4.78, 5) is 0. The van der Waals surface area contributed by atoms with E-state index in [4.69, 9.17) is 5.73 Å². The van der Waals surface area contributed by atoms with Gasteiger partial charge in [0.05, 0.1) is 5.54 Å². The Morgan fingerprint density at radius 3 is 3.15 bits per heavy atom. The lowest BCUT2D eigenvalue weighted by atomic mass is 9.77. The van der Waals surface area contributed by atoms with Crippen LogP contribution in [0.25, 0.3) is 0 Å². The summed E-state index contributed by atoms with van der Waals surface area (Å²) < 4.78 is 0. The molecule has 2 N–H and O–H groups in total. The second kappa shape index (κ2) is 3.35. The van der Waals surface area contributed by atoms with E-state index in [9.17, 15) is 0 Å². The summed E-state index contributed by atoms with van der Waals surface area (Å²) in [6.07, 6.45) is 4.64. The fourth-order valence-corrected chi connectivity index (χ4v) is 2.88. The van der Waals surface area contributed by atoms with Crippen molar-refractivity contribution in [3.63, 3.8) is 0 Å². The molecule has 1 aromatic rings. The molecule has 1 aliphatic rings. The van der Waals surface area contributed by atoms with E-state index in [2.05, 4.69) is 17.1 Å². The number of aromatic nitrogens is 2. The molecule has 0 saturated heterocycles. The van der Waals surface area contributed by atoms with Crippen molar-refractivity contribution < 1.29 is 0 Å². The van der Waals surface area contributed by atoms with Crippen LogP contribution in [-0.4, -0.2) is 10.2 Å². The molecule has 1 heterocycles. The largest absolute Gasteiger partial charge is 0.319 e. The molecular formula is C9H15N3S. The van der Waals surface area contributed by atoms with E-state index in [0.717, 1.165) is 23.8 Å². The molecule has 1 aliphatic carbocycles. The van der Waals surface area contributed by atoms with Crippen LogP contribution in [0.2, 0.25) is 0 Å². The van der Waals surface area contributed by atoms with Gasteiger partial charge in [0.15, 0.2) is 0 Å². The molecule has 1 aromatic heterocycles. The van der Waals surface area contributed by atoms with Crippen LogP contribution in [0.4, 0.5) is 0 Å². The molecule has 0 aliphatic heterocycles. The molecule has 2 rings (SSSR count). The molecule has 2 unspecified atom stereocenters. The maximum atomic E-state index is 6.32. The molecule has 2 atom stereocenters. The van der Waals surface area contributed by atoms with E-state index < -0.39 is 0 Å². The fraction of sp³-hybridized carbons (Fsp3) is 0.778. The Morgan fingerprint density at radius 2 is 2.54 bits per heavy atom. The van der Waals surface area contributed by atoms with E-state index >= 15 is 0 Å². The standard InChI is InChI=1S/C9H15N3S/c1-7-3-2-4-9(10,5-7)8-12-11-6-13-8/h6-7H,2-5,10H2,1H3. The Labute approximate surface area is 82.4 Å². The summed E-state index contributed by atoms with van der Waals surface area (Å²) >= 11 is 1.58.